The number of methoxy groups -OCH3 is 2. The van der Waals surface area contributed by atoms with E-state index in [0.717, 1.165) is 0 Å². The molecule has 6 aliphatic rings. The third-order valence-electron chi connectivity index (χ3n) is 7.56. The molecule has 8 bridgehead atoms. The number of esters is 2. The molecule has 0 amide bonds. The molecule has 6 aliphatic carbocycles. The molecule has 6 heteroatoms. The van der Waals surface area contributed by atoms with Crippen LogP contribution < -0.4 is 0 Å². The van der Waals surface area contributed by atoms with Gasteiger partial charge < -0.3 is 9.47 Å². The maximum atomic E-state index is 12.8. The van der Waals surface area contributed by atoms with Crippen molar-refractivity contribution >= 4 is 23.5 Å². The molecule has 0 aromatic heterocycles. The van der Waals surface area contributed by atoms with Gasteiger partial charge in [-0.25, -0.2) is 0 Å². The van der Waals surface area contributed by atoms with Crippen LogP contribution in [-0.4, -0.2) is 37.7 Å². The Hall–Kier alpha value is -1.72. The standard InChI is InChI=1S/C16H16O6/c1-21-13(19)15-5-3-7(17)11-9(5)10-6(15)4-8(18)12(10)16(11,15)14(20)22-2/h5-6,9-12H,3-4H2,1-2H3/t5-,6-,9-,10-,11-,12-,15?,16?/m0/s1. The van der Waals surface area contributed by atoms with Gasteiger partial charge in [-0.1, -0.05) is 0 Å². The Morgan fingerprint density at radius 3 is 1.68 bits per heavy atom. The van der Waals surface area contributed by atoms with Crippen molar-refractivity contribution in [1.29, 1.82) is 0 Å². The average molecular weight is 304 g/mol. The lowest BCUT2D eigenvalue weighted by Gasteiger charge is -2.50. The number of carbonyl (C=O) groups excluding carboxylic acids is 4. The highest BCUT2D eigenvalue weighted by Crippen LogP contribution is 2.91. The smallest absolute Gasteiger partial charge is 0.314 e. The van der Waals surface area contributed by atoms with E-state index in [1.54, 1.807) is 0 Å². The zero-order valence-electron chi connectivity index (χ0n) is 12.3. The first-order chi connectivity index (χ1) is 10.5. The number of carbonyl (C=O) groups is 4. The Balaban J connectivity index is 1.85. The van der Waals surface area contributed by atoms with E-state index in [1.807, 2.05) is 0 Å². The summed E-state index contributed by atoms with van der Waals surface area (Å²) in [5.41, 5.74) is -2.30. The molecule has 6 nitrogen and oxygen atoms in total. The van der Waals surface area contributed by atoms with Crippen LogP contribution in [0.3, 0.4) is 0 Å². The summed E-state index contributed by atoms with van der Waals surface area (Å²) >= 11 is 0. The zero-order valence-corrected chi connectivity index (χ0v) is 12.3. The molecular formula is C16H16O6. The second-order valence-corrected chi connectivity index (χ2v) is 7.39. The second-order valence-electron chi connectivity index (χ2n) is 7.39. The Kier molecular flexibility index (Phi) is 1.91. The molecule has 0 saturated heterocycles. The second kappa shape index (κ2) is 3.29. The molecule has 6 atom stereocenters. The molecule has 0 radical (unpaired) electrons. The molecule has 0 aromatic rings. The van der Waals surface area contributed by atoms with Gasteiger partial charge in [0.25, 0.3) is 0 Å². The maximum Gasteiger partial charge on any atom is 0.314 e. The van der Waals surface area contributed by atoms with Crippen molar-refractivity contribution in [1.82, 2.24) is 0 Å². The van der Waals surface area contributed by atoms with Crippen LogP contribution in [0.5, 0.6) is 0 Å². The van der Waals surface area contributed by atoms with E-state index in [1.165, 1.54) is 14.2 Å². The highest BCUT2D eigenvalue weighted by Gasteiger charge is 2.99. The molecule has 0 unspecified atom stereocenters. The Morgan fingerprint density at radius 1 is 0.864 bits per heavy atom. The Morgan fingerprint density at radius 2 is 1.27 bits per heavy atom. The van der Waals surface area contributed by atoms with Crippen molar-refractivity contribution in [3.63, 3.8) is 0 Å². The first-order valence-corrected chi connectivity index (χ1v) is 7.71. The van der Waals surface area contributed by atoms with Gasteiger partial charge in [0.2, 0.25) is 0 Å². The summed E-state index contributed by atoms with van der Waals surface area (Å²) in [5, 5.41) is 0. The number of hydrogen-bond acceptors (Lipinski definition) is 6. The van der Waals surface area contributed by atoms with Crippen molar-refractivity contribution in [2.24, 2.45) is 46.3 Å². The molecule has 0 N–H and O–H groups in total. The normalized spacial score (nSPS) is 55.4. The van der Waals surface area contributed by atoms with Gasteiger partial charge in [-0.3, -0.25) is 19.2 Å². The fourth-order valence-electron chi connectivity index (χ4n) is 7.71. The summed E-state index contributed by atoms with van der Waals surface area (Å²) in [4.78, 5) is 50.5. The Labute approximate surface area is 126 Å². The van der Waals surface area contributed by atoms with Crippen LogP contribution >= 0.6 is 0 Å². The van der Waals surface area contributed by atoms with Gasteiger partial charge in [0.15, 0.2) is 0 Å². The van der Waals surface area contributed by atoms with Crippen LogP contribution in [0.1, 0.15) is 12.8 Å². The van der Waals surface area contributed by atoms with E-state index < -0.39 is 34.6 Å². The van der Waals surface area contributed by atoms with E-state index in [0.29, 0.717) is 12.8 Å². The van der Waals surface area contributed by atoms with Gasteiger partial charge in [0, 0.05) is 24.7 Å². The van der Waals surface area contributed by atoms with Gasteiger partial charge in [-0.2, -0.15) is 0 Å². The molecule has 22 heavy (non-hydrogen) atoms. The molecule has 0 aliphatic heterocycles. The van der Waals surface area contributed by atoms with Crippen LogP contribution in [0, 0.1) is 46.3 Å². The summed E-state index contributed by atoms with van der Waals surface area (Å²) in [6.07, 6.45) is 0.661. The summed E-state index contributed by atoms with van der Waals surface area (Å²) in [5.74, 6) is -2.37. The number of Topliss-reactive ketones (excluding diaryl/α,β-unsaturated/α-hetero) is 2. The minimum absolute atomic E-state index is 0.0144. The summed E-state index contributed by atoms with van der Waals surface area (Å²) < 4.78 is 10.1. The van der Waals surface area contributed by atoms with Crippen LogP contribution in [0.25, 0.3) is 0 Å². The van der Waals surface area contributed by atoms with Crippen molar-refractivity contribution in [3.8, 4) is 0 Å². The zero-order chi connectivity index (χ0) is 15.6. The topological polar surface area (TPSA) is 86.7 Å². The van der Waals surface area contributed by atoms with E-state index in [4.69, 9.17) is 9.47 Å². The molecule has 6 rings (SSSR count). The number of rotatable bonds is 2. The molecular weight excluding hydrogens is 288 g/mol. The lowest BCUT2D eigenvalue weighted by atomic mass is 9.49. The molecule has 0 spiro atoms. The quantitative estimate of drug-likeness (QED) is 0.667. The molecule has 0 heterocycles. The molecule has 6 fully saturated rings. The number of ether oxygens (including phenoxy) is 2. The SMILES string of the molecule is COC(=O)C12[C@H]3CC(=O)[C@H]4[C@@H]3[C@@H]3[C@@H]1CC(=O)[C@@H]3C42C(=O)OC. The summed E-state index contributed by atoms with van der Waals surface area (Å²) in [6.45, 7) is 0. The van der Waals surface area contributed by atoms with Gasteiger partial charge in [0.05, 0.1) is 19.6 Å². The highest BCUT2D eigenvalue weighted by molar-refractivity contribution is 6.09. The van der Waals surface area contributed by atoms with Crippen molar-refractivity contribution < 1.29 is 28.7 Å². The molecule has 0 aromatic carbocycles. The number of hydrogen-bond donors (Lipinski definition) is 0. The average Bonchev–Trinajstić information content (AvgIpc) is 3.25. The minimum Gasteiger partial charge on any atom is -0.469 e. The largest absolute Gasteiger partial charge is 0.469 e. The van der Waals surface area contributed by atoms with Crippen LogP contribution in [0.2, 0.25) is 0 Å². The summed E-state index contributed by atoms with van der Waals surface area (Å²) in [7, 11) is 2.58. The first kappa shape index (κ1) is 12.8. The fourth-order valence-corrected chi connectivity index (χ4v) is 7.71. The van der Waals surface area contributed by atoms with Gasteiger partial charge >= 0.3 is 11.9 Å². The molecule has 6 saturated carbocycles. The van der Waals surface area contributed by atoms with Gasteiger partial charge in [-0.15, -0.1) is 0 Å². The van der Waals surface area contributed by atoms with Crippen molar-refractivity contribution in [2.45, 2.75) is 12.8 Å². The van der Waals surface area contributed by atoms with Crippen LogP contribution in [0.15, 0.2) is 0 Å². The van der Waals surface area contributed by atoms with Crippen LogP contribution in [-0.2, 0) is 28.7 Å². The van der Waals surface area contributed by atoms with Gasteiger partial charge in [-0.05, 0) is 23.7 Å². The highest BCUT2D eigenvalue weighted by atomic mass is 16.5. The van der Waals surface area contributed by atoms with Gasteiger partial charge in [0.1, 0.15) is 17.0 Å². The number of ketones is 2. The predicted octanol–water partition coefficient (Wildman–Crippen LogP) is -0.0112. The van der Waals surface area contributed by atoms with E-state index in [9.17, 15) is 19.2 Å². The predicted molar refractivity (Wildman–Crippen MR) is 69.1 cm³/mol. The van der Waals surface area contributed by atoms with E-state index in [2.05, 4.69) is 0 Å². The lowest BCUT2D eigenvalue weighted by molar-refractivity contribution is -0.194. The first-order valence-electron chi connectivity index (χ1n) is 7.71. The fraction of sp³-hybridized carbons (Fsp3) is 0.750. The molecule has 116 valence electrons. The van der Waals surface area contributed by atoms with Crippen LogP contribution in [0.4, 0.5) is 0 Å². The monoisotopic (exact) mass is 304 g/mol. The van der Waals surface area contributed by atoms with E-state index in [-0.39, 0.29) is 35.2 Å². The maximum absolute atomic E-state index is 12.8. The third-order valence-corrected chi connectivity index (χ3v) is 7.56. The van der Waals surface area contributed by atoms with E-state index >= 15 is 0 Å². The third kappa shape index (κ3) is 0.787. The van der Waals surface area contributed by atoms with Crippen molar-refractivity contribution in [3.05, 3.63) is 0 Å². The lowest BCUT2D eigenvalue weighted by Crippen LogP contribution is -2.63. The summed E-state index contributed by atoms with van der Waals surface area (Å²) in [6, 6.07) is 0. The Bertz CT molecular complexity index is 642. The minimum atomic E-state index is -1.29. The van der Waals surface area contributed by atoms with Crippen molar-refractivity contribution in [2.75, 3.05) is 14.2 Å².